The fraction of sp³-hybridized carbons (Fsp3) is 0.833. The lowest BCUT2D eigenvalue weighted by Gasteiger charge is -2.32. The third kappa shape index (κ3) is 5.17. The lowest BCUT2D eigenvalue weighted by molar-refractivity contribution is -0.147. The molecule has 0 heterocycles. The van der Waals surface area contributed by atoms with Gasteiger partial charge in [0.05, 0.1) is 6.04 Å². The van der Waals surface area contributed by atoms with Crippen LogP contribution in [-0.4, -0.2) is 60.0 Å². The van der Waals surface area contributed by atoms with Gasteiger partial charge in [0.2, 0.25) is 5.91 Å². The predicted molar refractivity (Wildman–Crippen MR) is 66.8 cm³/mol. The highest BCUT2D eigenvalue weighted by atomic mass is 16.4. The van der Waals surface area contributed by atoms with Crippen LogP contribution in [-0.2, 0) is 9.59 Å². The van der Waals surface area contributed by atoms with Crippen LogP contribution in [0.15, 0.2) is 0 Å². The summed E-state index contributed by atoms with van der Waals surface area (Å²) in [7, 11) is 3.68. The van der Waals surface area contributed by atoms with Crippen molar-refractivity contribution in [3.8, 4) is 0 Å². The van der Waals surface area contributed by atoms with E-state index in [0.29, 0.717) is 6.54 Å². The van der Waals surface area contributed by atoms with Gasteiger partial charge in [-0.2, -0.15) is 0 Å². The Hall–Kier alpha value is -1.10. The lowest BCUT2D eigenvalue weighted by Crippen LogP contribution is -2.50. The molecule has 1 atom stereocenters. The standard InChI is InChI=1S/C12H24N2O3/c1-6-7-14(8-10(15)16)12(17)11(9(2)3)13(4)5/h9,11H,6-8H2,1-5H3,(H,15,16)/t11-/m1/s1. The van der Waals surface area contributed by atoms with E-state index in [2.05, 4.69) is 0 Å². The van der Waals surface area contributed by atoms with Crippen molar-refractivity contribution in [2.24, 2.45) is 5.92 Å². The second-order valence-corrected chi connectivity index (χ2v) is 4.81. The first-order valence-corrected chi connectivity index (χ1v) is 5.98. The monoisotopic (exact) mass is 244 g/mol. The van der Waals surface area contributed by atoms with Gasteiger partial charge in [-0.1, -0.05) is 20.8 Å². The summed E-state index contributed by atoms with van der Waals surface area (Å²) in [6.07, 6.45) is 0.761. The van der Waals surface area contributed by atoms with E-state index in [1.54, 1.807) is 0 Å². The van der Waals surface area contributed by atoms with Gasteiger partial charge < -0.3 is 10.0 Å². The average molecular weight is 244 g/mol. The van der Waals surface area contributed by atoms with E-state index in [9.17, 15) is 9.59 Å². The normalized spacial score (nSPS) is 12.9. The first-order valence-electron chi connectivity index (χ1n) is 5.98. The van der Waals surface area contributed by atoms with Gasteiger partial charge in [0, 0.05) is 6.54 Å². The van der Waals surface area contributed by atoms with E-state index in [1.165, 1.54) is 4.90 Å². The van der Waals surface area contributed by atoms with Crippen LogP contribution < -0.4 is 0 Å². The van der Waals surface area contributed by atoms with Gasteiger partial charge in [0.1, 0.15) is 6.54 Å². The molecule has 0 rings (SSSR count). The van der Waals surface area contributed by atoms with Crippen molar-refractivity contribution < 1.29 is 14.7 Å². The fourth-order valence-electron chi connectivity index (χ4n) is 1.99. The predicted octanol–water partition coefficient (Wildman–Crippen LogP) is 0.896. The number of rotatable bonds is 7. The molecule has 0 aliphatic rings. The van der Waals surface area contributed by atoms with E-state index in [1.807, 2.05) is 39.8 Å². The Kier molecular flexibility index (Phi) is 6.80. The zero-order chi connectivity index (χ0) is 13.6. The molecule has 5 nitrogen and oxygen atoms in total. The van der Waals surface area contributed by atoms with Gasteiger partial charge in [-0.15, -0.1) is 0 Å². The molecule has 5 heteroatoms. The van der Waals surface area contributed by atoms with E-state index >= 15 is 0 Å². The first-order chi connectivity index (χ1) is 7.81. The summed E-state index contributed by atoms with van der Waals surface area (Å²) in [6.45, 7) is 6.13. The Morgan fingerprint density at radius 1 is 1.24 bits per heavy atom. The summed E-state index contributed by atoms with van der Waals surface area (Å²) in [4.78, 5) is 26.3. The minimum atomic E-state index is -0.965. The first kappa shape index (κ1) is 15.9. The molecule has 0 saturated carbocycles. The van der Waals surface area contributed by atoms with Crippen LogP contribution >= 0.6 is 0 Å². The zero-order valence-electron chi connectivity index (χ0n) is 11.4. The maximum Gasteiger partial charge on any atom is 0.323 e. The highest BCUT2D eigenvalue weighted by molar-refractivity contribution is 5.85. The third-order valence-corrected chi connectivity index (χ3v) is 2.57. The summed E-state index contributed by atoms with van der Waals surface area (Å²) in [5, 5.41) is 8.81. The summed E-state index contributed by atoms with van der Waals surface area (Å²) in [6, 6.07) is -0.263. The van der Waals surface area contributed by atoms with E-state index < -0.39 is 5.97 Å². The second kappa shape index (κ2) is 7.27. The molecule has 17 heavy (non-hydrogen) atoms. The Labute approximate surface area is 103 Å². The van der Waals surface area contributed by atoms with Crippen LogP contribution in [0.3, 0.4) is 0 Å². The SMILES string of the molecule is CCCN(CC(=O)O)C(=O)[C@@H](C(C)C)N(C)C. The van der Waals surface area contributed by atoms with Crippen LogP contribution in [0.5, 0.6) is 0 Å². The largest absolute Gasteiger partial charge is 0.480 e. The molecule has 0 bridgehead atoms. The number of likely N-dealkylation sites (N-methyl/N-ethyl adjacent to an activating group) is 1. The van der Waals surface area contributed by atoms with Crippen LogP contribution in [0.1, 0.15) is 27.2 Å². The molecule has 100 valence electrons. The van der Waals surface area contributed by atoms with E-state index in [4.69, 9.17) is 5.11 Å². The Morgan fingerprint density at radius 2 is 1.76 bits per heavy atom. The van der Waals surface area contributed by atoms with Crippen LogP contribution in [0.2, 0.25) is 0 Å². The maximum absolute atomic E-state index is 12.3. The Bertz CT molecular complexity index is 256. The number of carboxylic acid groups (broad SMARTS) is 1. The molecular formula is C12H24N2O3. The molecule has 0 aromatic rings. The van der Waals surface area contributed by atoms with Gasteiger partial charge in [-0.3, -0.25) is 14.5 Å². The minimum absolute atomic E-state index is 0.103. The smallest absolute Gasteiger partial charge is 0.323 e. The summed E-state index contributed by atoms with van der Waals surface area (Å²) in [5.41, 5.74) is 0. The minimum Gasteiger partial charge on any atom is -0.480 e. The maximum atomic E-state index is 12.3. The molecule has 0 aromatic heterocycles. The molecule has 0 aromatic carbocycles. The van der Waals surface area contributed by atoms with Crippen molar-refractivity contribution in [1.82, 2.24) is 9.80 Å². The number of hydrogen-bond acceptors (Lipinski definition) is 3. The van der Waals surface area contributed by atoms with Crippen molar-refractivity contribution in [2.45, 2.75) is 33.2 Å². The van der Waals surface area contributed by atoms with E-state index in [0.717, 1.165) is 6.42 Å². The molecule has 1 amide bonds. The molecule has 0 spiro atoms. The Balaban J connectivity index is 4.83. The topological polar surface area (TPSA) is 60.9 Å². The number of amides is 1. The van der Waals surface area contributed by atoms with Crippen molar-refractivity contribution in [2.75, 3.05) is 27.2 Å². The summed E-state index contributed by atoms with van der Waals surface area (Å²) in [5.74, 6) is -0.909. The van der Waals surface area contributed by atoms with Gasteiger partial charge in [0.15, 0.2) is 0 Å². The molecule has 0 unspecified atom stereocenters. The number of carbonyl (C=O) groups excluding carboxylic acids is 1. The number of hydrogen-bond donors (Lipinski definition) is 1. The van der Waals surface area contributed by atoms with Crippen LogP contribution in [0, 0.1) is 5.92 Å². The summed E-state index contributed by atoms with van der Waals surface area (Å²) >= 11 is 0. The zero-order valence-corrected chi connectivity index (χ0v) is 11.4. The van der Waals surface area contributed by atoms with Crippen molar-refractivity contribution in [3.63, 3.8) is 0 Å². The average Bonchev–Trinajstić information content (AvgIpc) is 2.14. The third-order valence-electron chi connectivity index (χ3n) is 2.57. The van der Waals surface area contributed by atoms with E-state index in [-0.39, 0.29) is 24.4 Å². The molecular weight excluding hydrogens is 220 g/mol. The second-order valence-electron chi connectivity index (χ2n) is 4.81. The Morgan fingerprint density at radius 3 is 2.06 bits per heavy atom. The fourth-order valence-corrected chi connectivity index (χ4v) is 1.99. The van der Waals surface area contributed by atoms with Gasteiger partial charge >= 0.3 is 5.97 Å². The van der Waals surface area contributed by atoms with Crippen LogP contribution in [0.4, 0.5) is 0 Å². The summed E-state index contributed by atoms with van der Waals surface area (Å²) < 4.78 is 0. The molecule has 0 aliphatic heterocycles. The molecule has 0 aliphatic carbocycles. The van der Waals surface area contributed by atoms with Crippen molar-refractivity contribution >= 4 is 11.9 Å². The molecule has 0 saturated heterocycles. The van der Waals surface area contributed by atoms with Crippen LogP contribution in [0.25, 0.3) is 0 Å². The quantitative estimate of drug-likeness (QED) is 0.722. The number of aliphatic carboxylic acids is 1. The number of carboxylic acids is 1. The number of nitrogens with zero attached hydrogens (tertiary/aromatic N) is 2. The van der Waals surface area contributed by atoms with Crippen molar-refractivity contribution in [1.29, 1.82) is 0 Å². The molecule has 0 fully saturated rings. The van der Waals surface area contributed by atoms with Gasteiger partial charge in [-0.05, 0) is 26.4 Å². The highest BCUT2D eigenvalue weighted by Crippen LogP contribution is 2.11. The highest BCUT2D eigenvalue weighted by Gasteiger charge is 2.29. The molecule has 1 N–H and O–H groups in total. The van der Waals surface area contributed by atoms with Gasteiger partial charge in [0.25, 0.3) is 0 Å². The molecule has 0 radical (unpaired) electrons. The lowest BCUT2D eigenvalue weighted by atomic mass is 10.0. The number of carbonyl (C=O) groups is 2. The van der Waals surface area contributed by atoms with Gasteiger partial charge in [-0.25, -0.2) is 0 Å². The van der Waals surface area contributed by atoms with Crippen molar-refractivity contribution in [3.05, 3.63) is 0 Å².